The van der Waals surface area contributed by atoms with Crippen molar-refractivity contribution in [1.29, 1.82) is 0 Å². The van der Waals surface area contributed by atoms with Crippen LogP contribution >= 0.6 is 0 Å². The maximum atomic E-state index is 6.00. The topological polar surface area (TPSA) is 26.0 Å². The summed E-state index contributed by atoms with van der Waals surface area (Å²) in [5, 5.41) is 0. The lowest BCUT2D eigenvalue weighted by Gasteiger charge is -2.33. The van der Waals surface area contributed by atoms with Crippen molar-refractivity contribution in [1.82, 2.24) is 0 Å². The Labute approximate surface area is 63.3 Å². The second-order valence-corrected chi connectivity index (χ2v) is 3.75. The van der Waals surface area contributed by atoms with Gasteiger partial charge >= 0.3 is 0 Å². The normalized spacial score (nSPS) is 41.2. The summed E-state index contributed by atoms with van der Waals surface area (Å²) in [6.07, 6.45) is 6.90. The second kappa shape index (κ2) is 2.75. The van der Waals surface area contributed by atoms with E-state index in [0.29, 0.717) is 5.92 Å². The van der Waals surface area contributed by atoms with E-state index in [-0.39, 0.29) is 5.54 Å². The summed E-state index contributed by atoms with van der Waals surface area (Å²) in [4.78, 5) is 0. The van der Waals surface area contributed by atoms with Gasteiger partial charge in [0, 0.05) is 5.54 Å². The molecule has 0 aromatic rings. The highest BCUT2D eigenvalue weighted by Gasteiger charge is 2.26. The third kappa shape index (κ3) is 1.84. The Bertz CT molecular complexity index is 127. The molecule has 0 spiro atoms. The monoisotopic (exact) mass is 139 g/mol. The number of allylic oxidation sites excluding steroid dienone is 1. The fourth-order valence-electron chi connectivity index (χ4n) is 1.77. The van der Waals surface area contributed by atoms with E-state index in [2.05, 4.69) is 13.5 Å². The van der Waals surface area contributed by atoms with Crippen molar-refractivity contribution in [2.24, 2.45) is 11.7 Å². The average molecular weight is 139 g/mol. The Kier molecular flexibility index (Phi) is 2.14. The summed E-state index contributed by atoms with van der Waals surface area (Å²) < 4.78 is 0. The predicted octanol–water partition coefficient (Wildman–Crippen LogP) is 2.08. The molecule has 10 heavy (non-hydrogen) atoms. The Morgan fingerprint density at radius 3 is 2.80 bits per heavy atom. The summed E-state index contributed by atoms with van der Waals surface area (Å²) in [5.41, 5.74) is 6.08. The molecule has 1 saturated carbocycles. The van der Waals surface area contributed by atoms with Gasteiger partial charge in [0.05, 0.1) is 0 Å². The van der Waals surface area contributed by atoms with E-state index >= 15 is 0 Å². The van der Waals surface area contributed by atoms with Crippen LogP contribution in [0.4, 0.5) is 0 Å². The molecule has 0 aliphatic heterocycles. The fraction of sp³-hybridized carbons (Fsp3) is 0.778. The van der Waals surface area contributed by atoms with Crippen molar-refractivity contribution < 1.29 is 0 Å². The maximum absolute atomic E-state index is 6.00. The molecular formula is C9H17N. The van der Waals surface area contributed by atoms with E-state index in [9.17, 15) is 0 Å². The predicted molar refractivity (Wildman–Crippen MR) is 44.7 cm³/mol. The molecule has 1 heteroatoms. The summed E-state index contributed by atoms with van der Waals surface area (Å²) >= 11 is 0. The maximum Gasteiger partial charge on any atom is 0.0131 e. The van der Waals surface area contributed by atoms with Crippen molar-refractivity contribution >= 4 is 0 Å². The van der Waals surface area contributed by atoms with Gasteiger partial charge in [0.25, 0.3) is 0 Å². The highest BCUT2D eigenvalue weighted by atomic mass is 14.7. The van der Waals surface area contributed by atoms with Crippen LogP contribution in [0.5, 0.6) is 0 Å². The molecule has 2 N–H and O–H groups in total. The molecule has 1 fully saturated rings. The Morgan fingerprint density at radius 1 is 1.70 bits per heavy atom. The van der Waals surface area contributed by atoms with Gasteiger partial charge in [0.1, 0.15) is 0 Å². The first kappa shape index (κ1) is 7.80. The SMILES string of the molecule is C=C[C@@H]1CCC[C@@](C)(N)C1. The van der Waals surface area contributed by atoms with E-state index < -0.39 is 0 Å². The van der Waals surface area contributed by atoms with Gasteiger partial charge in [-0.2, -0.15) is 0 Å². The van der Waals surface area contributed by atoms with Crippen LogP contribution in [0.15, 0.2) is 12.7 Å². The zero-order valence-electron chi connectivity index (χ0n) is 6.77. The van der Waals surface area contributed by atoms with Crippen LogP contribution in [-0.2, 0) is 0 Å². The zero-order valence-corrected chi connectivity index (χ0v) is 6.77. The molecular weight excluding hydrogens is 122 g/mol. The molecule has 2 atom stereocenters. The molecule has 1 nitrogen and oxygen atoms in total. The number of hydrogen-bond acceptors (Lipinski definition) is 1. The molecule has 0 unspecified atom stereocenters. The fourth-order valence-corrected chi connectivity index (χ4v) is 1.77. The van der Waals surface area contributed by atoms with Crippen LogP contribution in [0.25, 0.3) is 0 Å². The highest BCUT2D eigenvalue weighted by Crippen LogP contribution is 2.30. The molecule has 58 valence electrons. The van der Waals surface area contributed by atoms with Gasteiger partial charge in [-0.25, -0.2) is 0 Å². The van der Waals surface area contributed by atoms with Gasteiger partial charge in [0.2, 0.25) is 0 Å². The van der Waals surface area contributed by atoms with Crippen molar-refractivity contribution in [2.45, 2.75) is 38.1 Å². The van der Waals surface area contributed by atoms with Crippen LogP contribution in [-0.4, -0.2) is 5.54 Å². The molecule has 1 rings (SSSR count). The Balaban J connectivity index is 2.47. The van der Waals surface area contributed by atoms with Gasteiger partial charge in [-0.1, -0.05) is 12.5 Å². The first-order chi connectivity index (χ1) is 4.64. The lowest BCUT2D eigenvalue weighted by Crippen LogP contribution is -2.40. The van der Waals surface area contributed by atoms with E-state index in [1.807, 2.05) is 6.08 Å². The van der Waals surface area contributed by atoms with E-state index in [1.165, 1.54) is 19.3 Å². The smallest absolute Gasteiger partial charge is 0.0131 e. The zero-order chi connectivity index (χ0) is 7.61. The lowest BCUT2D eigenvalue weighted by molar-refractivity contribution is 0.275. The minimum Gasteiger partial charge on any atom is -0.325 e. The molecule has 0 saturated heterocycles. The first-order valence-corrected chi connectivity index (χ1v) is 4.05. The molecule has 0 radical (unpaired) electrons. The lowest BCUT2D eigenvalue weighted by atomic mass is 9.78. The molecule has 0 aromatic carbocycles. The van der Waals surface area contributed by atoms with E-state index in [0.717, 1.165) is 6.42 Å². The third-order valence-electron chi connectivity index (χ3n) is 2.38. The van der Waals surface area contributed by atoms with Crippen molar-refractivity contribution in [3.8, 4) is 0 Å². The molecule has 1 aliphatic carbocycles. The van der Waals surface area contributed by atoms with Gasteiger partial charge < -0.3 is 5.73 Å². The van der Waals surface area contributed by atoms with Gasteiger partial charge in [-0.15, -0.1) is 6.58 Å². The number of rotatable bonds is 1. The van der Waals surface area contributed by atoms with Gasteiger partial charge in [0.15, 0.2) is 0 Å². The van der Waals surface area contributed by atoms with Crippen molar-refractivity contribution in [2.75, 3.05) is 0 Å². The highest BCUT2D eigenvalue weighted by molar-refractivity contribution is 4.92. The summed E-state index contributed by atoms with van der Waals surface area (Å²) in [6, 6.07) is 0. The van der Waals surface area contributed by atoms with Crippen LogP contribution < -0.4 is 5.73 Å². The third-order valence-corrected chi connectivity index (χ3v) is 2.38. The van der Waals surface area contributed by atoms with Crippen LogP contribution in [0.1, 0.15) is 32.6 Å². The largest absolute Gasteiger partial charge is 0.325 e. The van der Waals surface area contributed by atoms with E-state index in [4.69, 9.17) is 5.73 Å². The molecule has 1 aliphatic rings. The summed E-state index contributed by atoms with van der Waals surface area (Å²) in [6.45, 7) is 5.94. The summed E-state index contributed by atoms with van der Waals surface area (Å²) in [7, 11) is 0. The van der Waals surface area contributed by atoms with Crippen LogP contribution in [0.2, 0.25) is 0 Å². The van der Waals surface area contributed by atoms with Crippen LogP contribution in [0, 0.1) is 5.92 Å². The number of hydrogen-bond donors (Lipinski definition) is 1. The van der Waals surface area contributed by atoms with Crippen molar-refractivity contribution in [3.63, 3.8) is 0 Å². The minimum absolute atomic E-state index is 0.0805. The molecule has 0 heterocycles. The molecule has 0 bridgehead atoms. The molecule has 0 aromatic heterocycles. The Hall–Kier alpha value is -0.300. The first-order valence-electron chi connectivity index (χ1n) is 4.05. The quantitative estimate of drug-likeness (QED) is 0.553. The van der Waals surface area contributed by atoms with Gasteiger partial charge in [-0.3, -0.25) is 0 Å². The summed E-state index contributed by atoms with van der Waals surface area (Å²) in [5.74, 6) is 0.670. The van der Waals surface area contributed by atoms with Gasteiger partial charge in [-0.05, 0) is 32.1 Å². The Morgan fingerprint density at radius 2 is 2.40 bits per heavy atom. The van der Waals surface area contributed by atoms with Crippen LogP contribution in [0.3, 0.4) is 0 Å². The average Bonchev–Trinajstić information content (AvgIpc) is 1.86. The molecule has 0 amide bonds. The minimum atomic E-state index is 0.0805. The second-order valence-electron chi connectivity index (χ2n) is 3.75. The van der Waals surface area contributed by atoms with E-state index in [1.54, 1.807) is 0 Å². The van der Waals surface area contributed by atoms with Crippen molar-refractivity contribution in [3.05, 3.63) is 12.7 Å². The standard InChI is InChI=1S/C9H17N/c1-3-8-5-4-6-9(2,10)7-8/h3,8H,1,4-7,10H2,2H3/t8-,9-/m1/s1. The number of nitrogens with two attached hydrogens (primary N) is 1.